The summed E-state index contributed by atoms with van der Waals surface area (Å²) >= 11 is 11.5. The average Bonchev–Trinajstić information content (AvgIpc) is 2.71. The highest BCUT2D eigenvalue weighted by atomic mass is 35.5. The largest absolute Gasteiger partial charge is 0.368 e. The molecule has 0 amide bonds. The third-order valence-electron chi connectivity index (χ3n) is 13.4. The number of halogens is 6. The van der Waals surface area contributed by atoms with Crippen molar-refractivity contribution in [3.63, 3.8) is 0 Å². The van der Waals surface area contributed by atoms with Crippen molar-refractivity contribution in [3.8, 4) is 45.0 Å². The molecule has 12 aromatic rings. The zero-order valence-electron chi connectivity index (χ0n) is 47.4. The minimum Gasteiger partial charge on any atom is -0.368 e. The number of aromatic nitrogens is 16. The molecule has 12 rings (SSSR count). The van der Waals surface area contributed by atoms with Gasteiger partial charge in [-0.05, 0) is 109 Å². The number of anilines is 2. The number of nitrogens with zero attached hydrogens (tertiary/aromatic N) is 16. The van der Waals surface area contributed by atoms with Gasteiger partial charge >= 0.3 is 0 Å². The normalized spacial score (nSPS) is 11.3. The van der Waals surface area contributed by atoms with Crippen molar-refractivity contribution < 1.29 is 17.6 Å². The third-order valence-corrected chi connectivity index (χ3v) is 13.7. The van der Waals surface area contributed by atoms with E-state index in [4.69, 9.17) is 34.7 Å². The summed E-state index contributed by atoms with van der Waals surface area (Å²) in [7, 11) is 7.54. The van der Waals surface area contributed by atoms with Crippen LogP contribution < -0.4 is 11.5 Å². The summed E-state index contributed by atoms with van der Waals surface area (Å²) in [6.45, 7) is 20.2. The fourth-order valence-corrected chi connectivity index (χ4v) is 10.3. The summed E-state index contributed by atoms with van der Waals surface area (Å²) in [4.78, 5) is 30.5. The van der Waals surface area contributed by atoms with Crippen LogP contribution in [0.4, 0.5) is 29.5 Å². The third kappa shape index (κ3) is 12.2. The molecule has 0 saturated carbocycles. The Balaban J connectivity index is 0.000000134. The Hall–Kier alpha value is -9.54. The van der Waals surface area contributed by atoms with E-state index in [1.54, 1.807) is 33.6 Å². The van der Waals surface area contributed by atoms with Crippen LogP contribution in [-0.2, 0) is 28.2 Å². The Bertz CT molecular complexity index is 4240. The van der Waals surface area contributed by atoms with E-state index < -0.39 is 23.3 Å². The van der Waals surface area contributed by atoms with E-state index in [1.807, 2.05) is 99.9 Å². The number of nitrogens with two attached hydrogens (primary N) is 2. The molecule has 0 bridgehead atoms. The van der Waals surface area contributed by atoms with Crippen LogP contribution in [0.25, 0.3) is 99.8 Å². The van der Waals surface area contributed by atoms with E-state index in [-0.39, 0.29) is 45.2 Å². The Labute approximate surface area is 489 Å². The Morgan fingerprint density at radius 2 is 0.702 bits per heavy atom. The van der Waals surface area contributed by atoms with Crippen molar-refractivity contribution in [2.45, 2.75) is 53.4 Å². The molecule has 0 spiro atoms. The maximum atomic E-state index is 13.9. The monoisotopic (exact) mass is 1170 g/mol. The lowest BCUT2D eigenvalue weighted by Crippen LogP contribution is -2.00. The number of fused-ring (bicyclic) bond motifs is 4. The van der Waals surface area contributed by atoms with E-state index in [9.17, 15) is 17.6 Å². The van der Waals surface area contributed by atoms with E-state index in [0.29, 0.717) is 34.1 Å². The first-order valence-corrected chi connectivity index (χ1v) is 26.8. The molecule has 428 valence electrons. The van der Waals surface area contributed by atoms with Gasteiger partial charge in [0.2, 0.25) is 22.5 Å². The highest BCUT2D eigenvalue weighted by Gasteiger charge is 2.20. The average molecular weight is 1180 g/mol. The van der Waals surface area contributed by atoms with Gasteiger partial charge in [-0.2, -0.15) is 20.4 Å². The highest BCUT2D eigenvalue weighted by molar-refractivity contribution is 6.28. The number of hydrogen-bond donors (Lipinski definition) is 2. The summed E-state index contributed by atoms with van der Waals surface area (Å²) in [6.07, 6.45) is 4.32. The van der Waals surface area contributed by atoms with Gasteiger partial charge in [-0.15, -0.1) is 0 Å². The molecule has 0 fully saturated rings. The Morgan fingerprint density at radius 1 is 0.429 bits per heavy atom. The Kier molecular flexibility index (Phi) is 17.0. The lowest BCUT2D eigenvalue weighted by molar-refractivity contribution is 0.618. The summed E-state index contributed by atoms with van der Waals surface area (Å²) in [6, 6.07) is 22.0. The SMILES string of the molecule is C=C(C)c1c2cc(-c3nc(Cl)ncc3F)ccc2nn1C.C=C(C)c1c2cc(-c3nc(N)ncc3F)ccc2nn1C.CC(C)c1c2cc(-c3nc(Cl)ncc3F)ccc2nn1C.CC(C)c1c2cc(-c3nc(N)ncc3F)ccc2nn1C. The maximum Gasteiger partial charge on any atom is 0.223 e. The second kappa shape index (κ2) is 24.1. The van der Waals surface area contributed by atoms with Gasteiger partial charge in [0.1, 0.15) is 22.8 Å². The van der Waals surface area contributed by atoms with Crippen LogP contribution in [0.3, 0.4) is 0 Å². The van der Waals surface area contributed by atoms with Crippen LogP contribution in [0.1, 0.15) is 76.2 Å². The van der Waals surface area contributed by atoms with Crippen molar-refractivity contribution in [2.75, 3.05) is 11.5 Å². The zero-order chi connectivity index (χ0) is 60.6. The molecule has 0 radical (unpaired) electrons. The molecule has 84 heavy (non-hydrogen) atoms. The van der Waals surface area contributed by atoms with Gasteiger partial charge in [0.15, 0.2) is 23.3 Å². The van der Waals surface area contributed by atoms with E-state index in [2.05, 4.69) is 101 Å². The molecule has 0 unspecified atom stereocenters. The molecule has 0 saturated heterocycles. The molecule has 4 N–H and O–H groups in total. The van der Waals surface area contributed by atoms with Crippen LogP contribution in [-0.4, -0.2) is 79.0 Å². The number of hydrogen-bond acceptors (Lipinski definition) is 14. The fraction of sp³-hybridized carbons (Fsp3) is 0.200. The molecule has 8 heterocycles. The van der Waals surface area contributed by atoms with Crippen molar-refractivity contribution in [1.82, 2.24) is 79.0 Å². The topological polar surface area (TPSA) is 226 Å². The Morgan fingerprint density at radius 3 is 1.01 bits per heavy atom. The minimum absolute atomic E-state index is 0.0119. The van der Waals surface area contributed by atoms with Crippen molar-refractivity contribution in [3.05, 3.63) is 167 Å². The molecule has 0 aliphatic rings. The van der Waals surface area contributed by atoms with E-state index >= 15 is 0 Å². The fourth-order valence-electron chi connectivity index (χ4n) is 10.1. The van der Waals surface area contributed by atoms with E-state index in [1.165, 1.54) is 0 Å². The second-order valence-corrected chi connectivity index (χ2v) is 21.0. The molecular formula is C60H56Cl2F4N18. The summed E-state index contributed by atoms with van der Waals surface area (Å²) in [5, 5.41) is 21.6. The lowest BCUT2D eigenvalue weighted by Gasteiger charge is -2.07. The van der Waals surface area contributed by atoms with Crippen LogP contribution in [0.15, 0.2) is 111 Å². The van der Waals surface area contributed by atoms with Gasteiger partial charge in [0, 0.05) is 83.4 Å². The summed E-state index contributed by atoms with van der Waals surface area (Å²) in [5.41, 5.74) is 23.7. The van der Waals surface area contributed by atoms with Crippen molar-refractivity contribution in [2.24, 2.45) is 28.2 Å². The first-order chi connectivity index (χ1) is 39.9. The van der Waals surface area contributed by atoms with Gasteiger partial charge in [0.05, 0.1) is 58.2 Å². The second-order valence-electron chi connectivity index (χ2n) is 20.3. The quantitative estimate of drug-likeness (QED) is 0.107. The number of aryl methyl sites for hydroxylation is 4. The van der Waals surface area contributed by atoms with Crippen molar-refractivity contribution >= 4 is 89.9 Å². The molecule has 4 aromatic carbocycles. The summed E-state index contributed by atoms with van der Waals surface area (Å²) in [5.74, 6) is -1.28. The van der Waals surface area contributed by atoms with E-state index in [0.717, 1.165) is 102 Å². The number of allylic oxidation sites excluding steroid dienone is 2. The smallest absolute Gasteiger partial charge is 0.223 e. The predicted molar refractivity (Wildman–Crippen MR) is 323 cm³/mol. The first kappa shape index (κ1) is 59.1. The van der Waals surface area contributed by atoms with Gasteiger partial charge in [-0.1, -0.05) is 65.1 Å². The molecule has 0 aliphatic carbocycles. The minimum atomic E-state index is -0.514. The van der Waals surface area contributed by atoms with Crippen LogP contribution in [0.5, 0.6) is 0 Å². The number of nitrogen functional groups attached to an aromatic ring is 2. The standard InChI is InChI=1S/C15H14ClFN4.C15H12ClFN4.C15H16FN5.C15H14FN5/c2*1-8(2)14-10-6-9(4-5-12(10)20-21(14)3)13-11(17)7-18-15(16)19-13;2*1-8(2)14-10-6-9(4-5-12(10)20-21(14)3)13-11(16)7-18-15(17)19-13/h4-8H,1-3H3;4-7H,1H2,2-3H3;4-8H,1-3H3,(H2,17,18,19);4-7H,1H2,2-3H3,(H2,17,18,19). The van der Waals surface area contributed by atoms with Crippen LogP contribution in [0, 0.1) is 23.3 Å². The number of rotatable bonds is 8. The number of benzene rings is 4. The van der Waals surface area contributed by atoms with Crippen LogP contribution in [0.2, 0.25) is 10.6 Å². The molecular weight excluding hydrogens is 1120 g/mol. The predicted octanol–water partition coefficient (Wildman–Crippen LogP) is 13.5. The van der Waals surface area contributed by atoms with Gasteiger partial charge in [0.25, 0.3) is 0 Å². The van der Waals surface area contributed by atoms with Crippen LogP contribution >= 0.6 is 23.2 Å². The lowest BCUT2D eigenvalue weighted by atomic mass is 10.0. The molecule has 18 nitrogen and oxygen atoms in total. The first-order valence-electron chi connectivity index (χ1n) is 26.0. The van der Waals surface area contributed by atoms with Crippen molar-refractivity contribution in [1.29, 1.82) is 0 Å². The maximum absolute atomic E-state index is 13.9. The van der Waals surface area contributed by atoms with Gasteiger partial charge in [-0.25, -0.2) is 57.4 Å². The molecule has 24 heteroatoms. The highest BCUT2D eigenvalue weighted by Crippen LogP contribution is 2.34. The van der Waals surface area contributed by atoms with Gasteiger partial charge in [-0.3, -0.25) is 18.7 Å². The molecule has 8 aromatic heterocycles. The van der Waals surface area contributed by atoms with Gasteiger partial charge < -0.3 is 11.5 Å². The molecule has 0 aliphatic heterocycles. The zero-order valence-corrected chi connectivity index (χ0v) is 48.9. The molecule has 0 atom stereocenters. The summed E-state index contributed by atoms with van der Waals surface area (Å²) < 4.78 is 62.9.